The molecule has 0 saturated heterocycles. The van der Waals surface area contributed by atoms with Crippen LogP contribution >= 0.6 is 0 Å². The van der Waals surface area contributed by atoms with E-state index in [0.717, 1.165) is 0 Å². The third-order valence-corrected chi connectivity index (χ3v) is 2.78. The summed E-state index contributed by atoms with van der Waals surface area (Å²) in [5, 5.41) is 14.0. The van der Waals surface area contributed by atoms with Crippen molar-refractivity contribution in [2.75, 3.05) is 0 Å². The van der Waals surface area contributed by atoms with Gasteiger partial charge in [-0.3, -0.25) is 4.79 Å². The number of aliphatic hydroxyl groups is 1. The van der Waals surface area contributed by atoms with Gasteiger partial charge in [0.25, 0.3) is 12.3 Å². The molecule has 5 nitrogen and oxygen atoms in total. The molecule has 0 fully saturated rings. The smallest absolute Gasteiger partial charge is 0.287 e. The summed E-state index contributed by atoms with van der Waals surface area (Å²) < 4.78 is 30.8. The molecular formula is C11H12F2N2O3. The van der Waals surface area contributed by atoms with E-state index >= 15 is 0 Å². The maximum Gasteiger partial charge on any atom is 0.287 e. The van der Waals surface area contributed by atoms with Gasteiger partial charge in [-0.05, 0) is 19.9 Å². The third-order valence-electron chi connectivity index (χ3n) is 2.78. The highest BCUT2D eigenvalue weighted by Crippen LogP contribution is 2.33. The molecule has 0 saturated carbocycles. The van der Waals surface area contributed by atoms with Crippen molar-refractivity contribution in [3.05, 3.63) is 23.7 Å². The number of aryl methyl sites for hydroxylation is 1. The molecule has 0 spiro atoms. The number of hydrogen-bond donors (Lipinski definition) is 1. The van der Waals surface area contributed by atoms with Crippen molar-refractivity contribution in [3.8, 4) is 0 Å². The van der Waals surface area contributed by atoms with Crippen LogP contribution < -0.4 is 0 Å². The first-order valence-electron chi connectivity index (χ1n) is 5.29. The Bertz CT molecular complexity index is 512. The second-order valence-corrected chi connectivity index (χ2v) is 4.20. The van der Waals surface area contributed by atoms with Crippen LogP contribution in [-0.2, 0) is 0 Å². The molecule has 1 amide bonds. The first-order chi connectivity index (χ1) is 8.36. The lowest BCUT2D eigenvalue weighted by Crippen LogP contribution is -2.51. The largest absolute Gasteiger partial charge is 0.469 e. The van der Waals surface area contributed by atoms with Gasteiger partial charge in [0.1, 0.15) is 5.76 Å². The quantitative estimate of drug-likeness (QED) is 0.879. The molecule has 98 valence electrons. The van der Waals surface area contributed by atoms with Crippen molar-refractivity contribution in [3.63, 3.8) is 0 Å². The Kier molecular flexibility index (Phi) is 2.94. The van der Waals surface area contributed by atoms with E-state index in [1.165, 1.54) is 26.2 Å². The van der Waals surface area contributed by atoms with E-state index in [1.807, 2.05) is 0 Å². The van der Waals surface area contributed by atoms with Crippen molar-refractivity contribution in [1.82, 2.24) is 5.01 Å². The fourth-order valence-corrected chi connectivity index (χ4v) is 1.86. The Morgan fingerprint density at radius 2 is 2.28 bits per heavy atom. The number of furan rings is 1. The SMILES string of the molecule is CC1=NN(C(=O)c2ccoc2C)[C@](O)(C(F)F)C1. The van der Waals surface area contributed by atoms with Crippen molar-refractivity contribution in [2.24, 2.45) is 5.10 Å². The first-order valence-corrected chi connectivity index (χ1v) is 5.29. The van der Waals surface area contributed by atoms with Crippen LogP contribution in [0, 0.1) is 6.92 Å². The van der Waals surface area contributed by atoms with Crippen molar-refractivity contribution >= 4 is 11.6 Å². The maximum atomic E-state index is 12.9. The van der Waals surface area contributed by atoms with Gasteiger partial charge in [-0.25, -0.2) is 8.78 Å². The molecule has 7 heteroatoms. The average molecular weight is 258 g/mol. The minimum Gasteiger partial charge on any atom is -0.469 e. The number of carbonyl (C=O) groups is 1. The summed E-state index contributed by atoms with van der Waals surface area (Å²) in [6.45, 7) is 3.00. The minimum atomic E-state index is -3.10. The van der Waals surface area contributed by atoms with Crippen LogP contribution in [0.4, 0.5) is 8.78 Å². The van der Waals surface area contributed by atoms with E-state index in [2.05, 4.69) is 5.10 Å². The van der Waals surface area contributed by atoms with E-state index in [-0.39, 0.29) is 23.5 Å². The van der Waals surface area contributed by atoms with Crippen LogP contribution in [0.15, 0.2) is 21.8 Å². The minimum absolute atomic E-state index is 0.104. The van der Waals surface area contributed by atoms with E-state index < -0.39 is 18.1 Å². The molecule has 1 aliphatic heterocycles. The number of rotatable bonds is 2. The summed E-state index contributed by atoms with van der Waals surface area (Å²) in [6.07, 6.45) is -2.20. The predicted molar refractivity (Wildman–Crippen MR) is 58.3 cm³/mol. The van der Waals surface area contributed by atoms with Gasteiger partial charge in [-0.15, -0.1) is 0 Å². The molecule has 1 aliphatic rings. The highest BCUT2D eigenvalue weighted by atomic mass is 19.3. The highest BCUT2D eigenvalue weighted by molar-refractivity contribution is 5.98. The van der Waals surface area contributed by atoms with E-state index in [4.69, 9.17) is 4.42 Å². The summed E-state index contributed by atoms with van der Waals surface area (Å²) in [6, 6.07) is 1.35. The van der Waals surface area contributed by atoms with Crippen LogP contribution in [0.5, 0.6) is 0 Å². The second-order valence-electron chi connectivity index (χ2n) is 4.20. The van der Waals surface area contributed by atoms with Crippen LogP contribution in [-0.4, -0.2) is 33.9 Å². The lowest BCUT2D eigenvalue weighted by Gasteiger charge is -2.29. The normalized spacial score (nSPS) is 23.7. The molecule has 2 rings (SSSR count). The van der Waals surface area contributed by atoms with E-state index in [0.29, 0.717) is 5.01 Å². The molecule has 2 heterocycles. The van der Waals surface area contributed by atoms with Crippen molar-refractivity contribution in [2.45, 2.75) is 32.4 Å². The second kappa shape index (κ2) is 4.16. The molecule has 1 N–H and O–H groups in total. The van der Waals surface area contributed by atoms with E-state index in [9.17, 15) is 18.7 Å². The monoisotopic (exact) mass is 258 g/mol. The highest BCUT2D eigenvalue weighted by Gasteiger charge is 2.51. The third kappa shape index (κ3) is 1.80. The van der Waals surface area contributed by atoms with Gasteiger partial charge in [-0.1, -0.05) is 0 Å². The number of nitrogens with zero attached hydrogens (tertiary/aromatic N) is 2. The van der Waals surface area contributed by atoms with Crippen LogP contribution in [0.2, 0.25) is 0 Å². The number of hydrogen-bond acceptors (Lipinski definition) is 4. The Morgan fingerprint density at radius 1 is 1.61 bits per heavy atom. The standard InChI is InChI=1S/C11H12F2N2O3/c1-6-5-11(17,10(12)13)15(14-6)9(16)8-3-4-18-7(8)2/h3-4,10,17H,5H2,1-2H3/t11-/m1/s1. The van der Waals surface area contributed by atoms with Gasteiger partial charge in [-0.2, -0.15) is 10.1 Å². The fraction of sp³-hybridized carbons (Fsp3) is 0.455. The molecule has 1 aromatic heterocycles. The van der Waals surface area contributed by atoms with Gasteiger partial charge in [0.2, 0.25) is 5.72 Å². The molecule has 18 heavy (non-hydrogen) atoms. The lowest BCUT2D eigenvalue weighted by molar-refractivity contribution is -0.164. The number of hydrazone groups is 1. The van der Waals surface area contributed by atoms with E-state index in [1.54, 1.807) is 0 Å². The molecule has 1 aromatic rings. The summed E-state index contributed by atoms with van der Waals surface area (Å²) >= 11 is 0. The van der Waals surface area contributed by atoms with Crippen LogP contribution in [0.25, 0.3) is 0 Å². The van der Waals surface area contributed by atoms with Crippen LogP contribution in [0.1, 0.15) is 29.5 Å². The fourth-order valence-electron chi connectivity index (χ4n) is 1.86. The summed E-state index contributed by atoms with van der Waals surface area (Å²) in [7, 11) is 0. The van der Waals surface area contributed by atoms with Crippen molar-refractivity contribution in [1.29, 1.82) is 0 Å². The molecule has 0 aromatic carbocycles. The Labute approximate surface area is 102 Å². The van der Waals surface area contributed by atoms with Gasteiger partial charge in [0.05, 0.1) is 11.8 Å². The number of halogens is 2. The Hall–Kier alpha value is -1.76. The molecular weight excluding hydrogens is 246 g/mol. The first kappa shape index (κ1) is 12.7. The zero-order valence-corrected chi connectivity index (χ0v) is 9.85. The summed E-state index contributed by atoms with van der Waals surface area (Å²) in [5.41, 5.74) is -2.20. The average Bonchev–Trinajstić information content (AvgIpc) is 2.82. The zero-order chi connectivity index (χ0) is 13.5. The maximum absolute atomic E-state index is 12.9. The Balaban J connectivity index is 2.37. The molecule has 0 radical (unpaired) electrons. The predicted octanol–water partition coefficient (Wildman–Crippen LogP) is 1.76. The number of alkyl halides is 2. The topological polar surface area (TPSA) is 66.0 Å². The number of carbonyl (C=O) groups excluding carboxylic acids is 1. The number of amides is 1. The van der Waals surface area contributed by atoms with Gasteiger partial charge >= 0.3 is 0 Å². The zero-order valence-electron chi connectivity index (χ0n) is 9.85. The van der Waals surface area contributed by atoms with Gasteiger partial charge in [0, 0.05) is 12.1 Å². The van der Waals surface area contributed by atoms with Gasteiger partial charge < -0.3 is 9.52 Å². The van der Waals surface area contributed by atoms with Gasteiger partial charge in [0.15, 0.2) is 0 Å². The molecule has 1 atom stereocenters. The van der Waals surface area contributed by atoms with Crippen LogP contribution in [0.3, 0.4) is 0 Å². The lowest BCUT2D eigenvalue weighted by atomic mass is 10.1. The molecule has 0 aliphatic carbocycles. The summed E-state index contributed by atoms with van der Waals surface area (Å²) in [4.78, 5) is 12.1. The summed E-state index contributed by atoms with van der Waals surface area (Å²) in [5.74, 6) is -0.516. The Morgan fingerprint density at radius 3 is 2.78 bits per heavy atom. The van der Waals surface area contributed by atoms with Crippen molar-refractivity contribution < 1.29 is 23.1 Å². The molecule has 0 bridgehead atoms. The molecule has 0 unspecified atom stereocenters.